The number of hydrogen-bond donors (Lipinski definition) is 0. The average molecular weight is 228 g/mol. The van der Waals surface area contributed by atoms with Crippen molar-refractivity contribution >= 4 is 8.46 Å². The molecule has 2 rings (SSSR count). The largest absolute Gasteiger partial charge is 0.275 e. The average Bonchev–Trinajstić information content (AvgIpc) is 2.33. The molecular formula is C14H13OP. The van der Waals surface area contributed by atoms with Gasteiger partial charge in [-0.3, -0.25) is 4.57 Å². The summed E-state index contributed by atoms with van der Waals surface area (Å²) in [6.45, 7) is 0. The van der Waals surface area contributed by atoms with Crippen LogP contribution in [-0.4, -0.2) is 0 Å². The van der Waals surface area contributed by atoms with Crippen LogP contribution in [0.5, 0.6) is 0 Å². The van der Waals surface area contributed by atoms with Crippen molar-refractivity contribution in [3.63, 3.8) is 0 Å². The molecule has 0 radical (unpaired) electrons. The Morgan fingerprint density at radius 3 is 1.94 bits per heavy atom. The Labute approximate surface area is 97.3 Å². The molecule has 0 aliphatic carbocycles. The predicted molar refractivity (Wildman–Crippen MR) is 67.0 cm³/mol. The van der Waals surface area contributed by atoms with E-state index in [1.165, 1.54) is 11.1 Å². The molecular weight excluding hydrogens is 215 g/mol. The molecule has 0 N–H and O–H groups in total. The van der Waals surface area contributed by atoms with Gasteiger partial charge in [-0.05, 0) is 23.1 Å². The smallest absolute Gasteiger partial charge is 0.160 e. The summed E-state index contributed by atoms with van der Waals surface area (Å²) in [6.07, 6.45) is 1.56. The van der Waals surface area contributed by atoms with Gasteiger partial charge in [-0.25, -0.2) is 0 Å². The summed E-state index contributed by atoms with van der Waals surface area (Å²) in [5.41, 5.74) is 3.73. The molecule has 0 fully saturated rings. The van der Waals surface area contributed by atoms with Crippen molar-refractivity contribution < 1.29 is 4.57 Å². The molecule has 16 heavy (non-hydrogen) atoms. The molecule has 0 saturated heterocycles. The third kappa shape index (κ3) is 3.01. The minimum atomic E-state index is 0.185. The molecule has 0 saturated carbocycles. The quantitative estimate of drug-likeness (QED) is 0.721. The fourth-order valence-electron chi connectivity index (χ4n) is 1.67. The van der Waals surface area contributed by atoms with Crippen LogP contribution in [0.3, 0.4) is 0 Å². The van der Waals surface area contributed by atoms with Crippen molar-refractivity contribution in [1.82, 2.24) is 0 Å². The van der Waals surface area contributed by atoms with Gasteiger partial charge in [-0.15, -0.1) is 0 Å². The van der Waals surface area contributed by atoms with Crippen molar-refractivity contribution in [2.75, 3.05) is 0 Å². The molecule has 0 aliphatic heterocycles. The van der Waals surface area contributed by atoms with Gasteiger partial charge in [0.1, 0.15) is 0 Å². The third-order valence-electron chi connectivity index (χ3n) is 2.52. The van der Waals surface area contributed by atoms with Gasteiger partial charge in [0.15, 0.2) is 8.46 Å². The van der Waals surface area contributed by atoms with E-state index in [-0.39, 0.29) is 8.46 Å². The van der Waals surface area contributed by atoms with Crippen molar-refractivity contribution in [1.29, 1.82) is 0 Å². The van der Waals surface area contributed by atoms with Gasteiger partial charge in [0.25, 0.3) is 0 Å². The van der Waals surface area contributed by atoms with Gasteiger partial charge >= 0.3 is 0 Å². The molecule has 1 nitrogen and oxygen atoms in total. The predicted octanol–water partition coefficient (Wildman–Crippen LogP) is 4.07. The van der Waals surface area contributed by atoms with Gasteiger partial charge in [0.05, 0.1) is 6.16 Å². The molecule has 0 heterocycles. The summed E-state index contributed by atoms with van der Waals surface area (Å²) < 4.78 is 10.4. The Morgan fingerprint density at radius 2 is 1.31 bits per heavy atom. The van der Waals surface area contributed by atoms with Crippen LogP contribution < -0.4 is 0 Å². The van der Waals surface area contributed by atoms with E-state index >= 15 is 0 Å². The van der Waals surface area contributed by atoms with Crippen LogP contribution in [-0.2, 0) is 17.1 Å². The molecule has 80 valence electrons. The molecule has 2 aromatic rings. The van der Waals surface area contributed by atoms with Gasteiger partial charge < -0.3 is 0 Å². The van der Waals surface area contributed by atoms with Crippen LogP contribution >= 0.6 is 8.46 Å². The second kappa shape index (κ2) is 5.58. The maximum atomic E-state index is 10.4. The van der Waals surface area contributed by atoms with E-state index in [9.17, 15) is 4.57 Å². The summed E-state index contributed by atoms with van der Waals surface area (Å²) in [7, 11) is 0.185. The lowest BCUT2D eigenvalue weighted by Crippen LogP contribution is -1.88. The second-order valence-electron chi connectivity index (χ2n) is 3.77. The highest BCUT2D eigenvalue weighted by atomic mass is 31.1. The molecule has 0 spiro atoms. The summed E-state index contributed by atoms with van der Waals surface area (Å²) in [5.74, 6) is 0. The van der Waals surface area contributed by atoms with E-state index in [0.29, 0.717) is 6.16 Å². The van der Waals surface area contributed by atoms with Crippen LogP contribution in [0.25, 0.3) is 0 Å². The Bertz CT molecular complexity index is 448. The minimum Gasteiger partial charge on any atom is -0.275 e. The van der Waals surface area contributed by atoms with E-state index < -0.39 is 0 Å². The lowest BCUT2D eigenvalue weighted by molar-refractivity contribution is 0.598. The molecule has 0 bridgehead atoms. The van der Waals surface area contributed by atoms with E-state index in [4.69, 9.17) is 0 Å². The van der Waals surface area contributed by atoms with E-state index in [0.717, 1.165) is 12.0 Å². The van der Waals surface area contributed by atoms with Gasteiger partial charge in [0.2, 0.25) is 0 Å². The first kappa shape index (κ1) is 11.0. The first-order valence-corrected chi connectivity index (χ1v) is 6.29. The highest BCUT2D eigenvalue weighted by molar-refractivity contribution is 7.22. The summed E-state index contributed by atoms with van der Waals surface area (Å²) in [5, 5.41) is 0. The Hall–Kier alpha value is -1.46. The highest BCUT2D eigenvalue weighted by Crippen LogP contribution is 2.13. The fraction of sp³-hybridized carbons (Fsp3) is 0.143. The molecule has 0 unspecified atom stereocenters. The van der Waals surface area contributed by atoms with Gasteiger partial charge in [-0.2, -0.15) is 0 Å². The highest BCUT2D eigenvalue weighted by Gasteiger charge is 1.96. The Kier molecular flexibility index (Phi) is 3.85. The maximum absolute atomic E-state index is 10.4. The molecule has 0 amide bonds. The molecule has 0 atom stereocenters. The zero-order chi connectivity index (χ0) is 11.2. The fourth-order valence-corrected chi connectivity index (χ4v) is 2.03. The standard InChI is InChI=1S/C14H13OP/c15-16-11-14-8-6-13(7-9-14)10-12-4-2-1-3-5-12/h1-9H,10-11H2. The topological polar surface area (TPSA) is 17.1 Å². The first-order valence-electron chi connectivity index (χ1n) is 5.29. The monoisotopic (exact) mass is 228 g/mol. The number of rotatable bonds is 4. The second-order valence-corrected chi connectivity index (χ2v) is 4.34. The van der Waals surface area contributed by atoms with Crippen molar-refractivity contribution in [2.45, 2.75) is 12.6 Å². The summed E-state index contributed by atoms with van der Waals surface area (Å²) >= 11 is 0. The Morgan fingerprint density at radius 1 is 0.750 bits per heavy atom. The zero-order valence-electron chi connectivity index (χ0n) is 8.97. The van der Waals surface area contributed by atoms with Crippen molar-refractivity contribution in [3.8, 4) is 0 Å². The number of hydrogen-bond acceptors (Lipinski definition) is 1. The first-order chi connectivity index (χ1) is 7.88. The molecule has 0 aromatic heterocycles. The van der Waals surface area contributed by atoms with Crippen molar-refractivity contribution in [3.05, 3.63) is 71.3 Å². The third-order valence-corrected chi connectivity index (χ3v) is 3.02. The van der Waals surface area contributed by atoms with E-state index in [1.807, 2.05) is 18.2 Å². The zero-order valence-corrected chi connectivity index (χ0v) is 9.86. The Balaban J connectivity index is 2.08. The molecule has 2 aromatic carbocycles. The SMILES string of the molecule is O=PCc1ccc(Cc2ccccc2)cc1. The van der Waals surface area contributed by atoms with Crippen LogP contribution in [0, 0.1) is 0 Å². The van der Waals surface area contributed by atoms with E-state index in [2.05, 4.69) is 36.4 Å². The van der Waals surface area contributed by atoms with Crippen LogP contribution in [0.15, 0.2) is 54.6 Å². The summed E-state index contributed by atoms with van der Waals surface area (Å²) in [6, 6.07) is 18.7. The van der Waals surface area contributed by atoms with Gasteiger partial charge in [-0.1, -0.05) is 54.6 Å². The van der Waals surface area contributed by atoms with Gasteiger partial charge in [0, 0.05) is 0 Å². The van der Waals surface area contributed by atoms with Crippen molar-refractivity contribution in [2.24, 2.45) is 0 Å². The van der Waals surface area contributed by atoms with Crippen LogP contribution in [0.4, 0.5) is 0 Å². The number of benzene rings is 2. The molecule has 2 heteroatoms. The lowest BCUT2D eigenvalue weighted by Gasteiger charge is -2.02. The maximum Gasteiger partial charge on any atom is 0.160 e. The minimum absolute atomic E-state index is 0.185. The van der Waals surface area contributed by atoms with E-state index in [1.54, 1.807) is 0 Å². The normalized spacial score (nSPS) is 10.5. The van der Waals surface area contributed by atoms with Crippen LogP contribution in [0.1, 0.15) is 16.7 Å². The lowest BCUT2D eigenvalue weighted by atomic mass is 10.0. The van der Waals surface area contributed by atoms with Crippen LogP contribution in [0.2, 0.25) is 0 Å². The molecule has 0 aliphatic rings. The summed E-state index contributed by atoms with van der Waals surface area (Å²) in [4.78, 5) is 0.